The lowest BCUT2D eigenvalue weighted by atomic mass is 10.0. The van der Waals surface area contributed by atoms with Gasteiger partial charge in [-0.2, -0.15) is 0 Å². The molecule has 2 atom stereocenters. The van der Waals surface area contributed by atoms with E-state index < -0.39 is 17.7 Å². The van der Waals surface area contributed by atoms with Gasteiger partial charge in [-0.3, -0.25) is 10.1 Å². The number of carbonyl (C=O) groups excluding carboxylic acids is 1. The predicted octanol–water partition coefficient (Wildman–Crippen LogP) is 4.03. The highest BCUT2D eigenvalue weighted by molar-refractivity contribution is 5.94. The quantitative estimate of drug-likeness (QED) is 0.839. The van der Waals surface area contributed by atoms with Crippen molar-refractivity contribution < 1.29 is 13.6 Å². The van der Waals surface area contributed by atoms with Gasteiger partial charge in [0.25, 0.3) is 0 Å². The van der Waals surface area contributed by atoms with Crippen molar-refractivity contribution in [3.05, 3.63) is 65.7 Å². The number of hydrogen-bond acceptors (Lipinski definition) is 2. The van der Waals surface area contributed by atoms with Crippen molar-refractivity contribution in [3.8, 4) is 0 Å². The van der Waals surface area contributed by atoms with E-state index in [4.69, 9.17) is 0 Å². The van der Waals surface area contributed by atoms with Crippen LogP contribution in [-0.2, 0) is 4.79 Å². The molecule has 2 aromatic rings. The van der Waals surface area contributed by atoms with Gasteiger partial charge in [0.15, 0.2) is 0 Å². The Morgan fingerprint density at radius 3 is 2.46 bits per heavy atom. The normalized spacial score (nSPS) is 16.5. The van der Waals surface area contributed by atoms with Crippen LogP contribution in [0.15, 0.2) is 48.5 Å². The van der Waals surface area contributed by atoms with Crippen LogP contribution >= 0.6 is 0 Å². The van der Waals surface area contributed by atoms with Gasteiger partial charge < -0.3 is 5.32 Å². The van der Waals surface area contributed by atoms with Crippen molar-refractivity contribution >= 4 is 11.6 Å². The highest BCUT2D eigenvalue weighted by Crippen LogP contribution is 2.41. The van der Waals surface area contributed by atoms with Gasteiger partial charge >= 0.3 is 0 Å². The van der Waals surface area contributed by atoms with Crippen molar-refractivity contribution in [2.75, 3.05) is 5.32 Å². The molecule has 2 aromatic carbocycles. The fourth-order valence-corrected chi connectivity index (χ4v) is 2.77. The Kier molecular flexibility index (Phi) is 4.90. The second-order valence-corrected chi connectivity index (χ2v) is 6.23. The van der Waals surface area contributed by atoms with E-state index in [-0.39, 0.29) is 17.6 Å². The molecule has 0 aliphatic heterocycles. The lowest BCUT2D eigenvalue weighted by Crippen LogP contribution is -2.41. The fraction of sp³-hybridized carbons (Fsp3) is 0.316. The fourth-order valence-electron chi connectivity index (χ4n) is 2.77. The zero-order valence-corrected chi connectivity index (χ0v) is 13.4. The van der Waals surface area contributed by atoms with E-state index in [9.17, 15) is 13.6 Å². The first-order valence-electron chi connectivity index (χ1n) is 8.11. The smallest absolute Gasteiger partial charge is 0.241 e. The van der Waals surface area contributed by atoms with E-state index in [0.29, 0.717) is 5.92 Å². The van der Waals surface area contributed by atoms with Crippen molar-refractivity contribution in [2.45, 2.75) is 31.8 Å². The van der Waals surface area contributed by atoms with Crippen LogP contribution in [0.3, 0.4) is 0 Å². The first-order valence-corrected chi connectivity index (χ1v) is 8.11. The number of halogens is 2. The maximum absolute atomic E-state index is 13.7. The summed E-state index contributed by atoms with van der Waals surface area (Å²) in [5.41, 5.74) is 1.13. The number of carbonyl (C=O) groups is 1. The average molecular weight is 330 g/mol. The molecule has 0 radical (unpaired) electrons. The Bertz CT molecular complexity index is 717. The Hall–Kier alpha value is -2.27. The molecule has 0 heterocycles. The van der Waals surface area contributed by atoms with Gasteiger partial charge in [-0.15, -0.1) is 0 Å². The number of rotatable bonds is 6. The summed E-state index contributed by atoms with van der Waals surface area (Å²) in [7, 11) is 0. The van der Waals surface area contributed by atoms with Crippen LogP contribution in [0.1, 0.15) is 31.4 Å². The van der Waals surface area contributed by atoms with Crippen LogP contribution < -0.4 is 10.6 Å². The molecule has 5 heteroatoms. The maximum Gasteiger partial charge on any atom is 0.241 e. The molecule has 0 aromatic heterocycles. The van der Waals surface area contributed by atoms with E-state index in [2.05, 4.69) is 10.6 Å². The SMILES string of the molecule is C[C@@H](N[C@@H](c1ccccc1)C1CC1)C(=O)Nc1ccc(F)cc1F. The van der Waals surface area contributed by atoms with Crippen LogP contribution in [0.4, 0.5) is 14.5 Å². The third kappa shape index (κ3) is 3.97. The van der Waals surface area contributed by atoms with Gasteiger partial charge in [-0.1, -0.05) is 30.3 Å². The number of hydrogen-bond donors (Lipinski definition) is 2. The maximum atomic E-state index is 13.7. The second-order valence-electron chi connectivity index (χ2n) is 6.23. The first kappa shape index (κ1) is 16.6. The van der Waals surface area contributed by atoms with Gasteiger partial charge in [0.1, 0.15) is 11.6 Å². The van der Waals surface area contributed by atoms with Gasteiger partial charge in [-0.25, -0.2) is 8.78 Å². The largest absolute Gasteiger partial charge is 0.322 e. The van der Waals surface area contributed by atoms with Crippen LogP contribution in [-0.4, -0.2) is 11.9 Å². The standard InChI is InChI=1S/C19H20F2N2O/c1-12(19(24)23-17-10-9-15(20)11-16(17)21)22-18(14-7-8-14)13-5-3-2-4-6-13/h2-6,9-12,14,18,22H,7-8H2,1H3,(H,23,24)/t12-,18+/m1/s1. The Morgan fingerprint density at radius 1 is 1.12 bits per heavy atom. The van der Waals surface area contributed by atoms with Gasteiger partial charge in [0, 0.05) is 12.1 Å². The molecule has 0 spiro atoms. The van der Waals surface area contributed by atoms with E-state index in [1.165, 1.54) is 6.07 Å². The Labute approximate surface area is 140 Å². The molecule has 1 amide bonds. The van der Waals surface area contributed by atoms with Crippen molar-refractivity contribution in [2.24, 2.45) is 5.92 Å². The average Bonchev–Trinajstić information content (AvgIpc) is 3.40. The molecule has 3 rings (SSSR count). The molecule has 0 unspecified atom stereocenters. The molecule has 1 aliphatic carbocycles. The van der Waals surface area contributed by atoms with Crippen molar-refractivity contribution in [1.29, 1.82) is 0 Å². The molecule has 0 bridgehead atoms. The third-order valence-corrected chi connectivity index (χ3v) is 4.26. The Morgan fingerprint density at radius 2 is 1.83 bits per heavy atom. The molecule has 1 saturated carbocycles. The predicted molar refractivity (Wildman–Crippen MR) is 89.5 cm³/mol. The molecular weight excluding hydrogens is 310 g/mol. The number of anilines is 1. The minimum atomic E-state index is -0.780. The van der Waals surface area contributed by atoms with E-state index in [1.807, 2.05) is 30.3 Å². The molecule has 1 aliphatic rings. The van der Waals surface area contributed by atoms with Crippen molar-refractivity contribution in [3.63, 3.8) is 0 Å². The van der Waals surface area contributed by atoms with Gasteiger partial charge in [0.2, 0.25) is 5.91 Å². The van der Waals surface area contributed by atoms with E-state index in [0.717, 1.165) is 30.5 Å². The minimum absolute atomic E-state index is 0.0160. The number of nitrogens with one attached hydrogen (secondary N) is 2. The molecule has 3 nitrogen and oxygen atoms in total. The number of amides is 1. The highest BCUT2D eigenvalue weighted by atomic mass is 19.1. The first-order chi connectivity index (χ1) is 11.5. The summed E-state index contributed by atoms with van der Waals surface area (Å²) in [6.07, 6.45) is 2.26. The lowest BCUT2D eigenvalue weighted by Gasteiger charge is -2.23. The molecule has 1 fully saturated rings. The summed E-state index contributed by atoms with van der Waals surface area (Å²) in [5.74, 6) is -1.28. The van der Waals surface area contributed by atoms with Gasteiger partial charge in [0.05, 0.1) is 11.7 Å². The minimum Gasteiger partial charge on any atom is -0.322 e. The summed E-state index contributed by atoms with van der Waals surface area (Å²) in [6.45, 7) is 1.75. The topological polar surface area (TPSA) is 41.1 Å². The zero-order chi connectivity index (χ0) is 17.1. The molecular formula is C19H20F2N2O. The van der Waals surface area contributed by atoms with E-state index >= 15 is 0 Å². The summed E-state index contributed by atoms with van der Waals surface area (Å²) in [6, 6.07) is 12.7. The van der Waals surface area contributed by atoms with Crippen molar-refractivity contribution in [1.82, 2.24) is 5.32 Å². The van der Waals surface area contributed by atoms with Gasteiger partial charge in [-0.05, 0) is 43.4 Å². The molecule has 126 valence electrons. The summed E-state index contributed by atoms with van der Waals surface area (Å²) < 4.78 is 26.6. The third-order valence-electron chi connectivity index (χ3n) is 4.26. The van der Waals surface area contributed by atoms with E-state index in [1.54, 1.807) is 6.92 Å². The summed E-state index contributed by atoms with van der Waals surface area (Å²) in [5, 5.41) is 5.85. The van der Waals surface area contributed by atoms with Crippen LogP contribution in [0.25, 0.3) is 0 Å². The van der Waals surface area contributed by atoms with Crippen LogP contribution in [0.2, 0.25) is 0 Å². The molecule has 2 N–H and O–H groups in total. The number of benzene rings is 2. The monoisotopic (exact) mass is 330 g/mol. The summed E-state index contributed by atoms with van der Waals surface area (Å²) in [4.78, 5) is 12.3. The van der Waals surface area contributed by atoms with Crippen LogP contribution in [0, 0.1) is 17.6 Å². The second kappa shape index (κ2) is 7.09. The Balaban J connectivity index is 1.66. The van der Waals surface area contributed by atoms with Crippen LogP contribution in [0.5, 0.6) is 0 Å². The zero-order valence-electron chi connectivity index (χ0n) is 13.4. The lowest BCUT2D eigenvalue weighted by molar-refractivity contribution is -0.118. The molecule has 0 saturated heterocycles. The molecule has 24 heavy (non-hydrogen) atoms. The highest BCUT2D eigenvalue weighted by Gasteiger charge is 2.34. The summed E-state index contributed by atoms with van der Waals surface area (Å²) >= 11 is 0.